The van der Waals surface area contributed by atoms with Gasteiger partial charge in [-0.2, -0.15) is 0 Å². The zero-order chi connectivity index (χ0) is 40.2. The molecule has 0 bridgehead atoms. The molecule has 2 aliphatic rings. The number of aromatic amines is 1. The van der Waals surface area contributed by atoms with Gasteiger partial charge in [-0.05, 0) is 125 Å². The van der Waals surface area contributed by atoms with Gasteiger partial charge in [0, 0.05) is 47.6 Å². The lowest BCUT2D eigenvalue weighted by Crippen LogP contribution is -2.48. The summed E-state index contributed by atoms with van der Waals surface area (Å²) in [6.07, 6.45) is 16.4. The molecule has 2 heterocycles. The van der Waals surface area contributed by atoms with Crippen molar-refractivity contribution in [2.24, 2.45) is 35.5 Å². The van der Waals surface area contributed by atoms with Gasteiger partial charge in [0.15, 0.2) is 0 Å². The highest BCUT2D eigenvalue weighted by molar-refractivity contribution is 5.70. The second-order valence-electron chi connectivity index (χ2n) is 16.9. The number of phenols is 2. The number of nitrogens with one attached hydrogen (secondary N) is 2. The quantitative estimate of drug-likeness (QED) is 0.0378. The van der Waals surface area contributed by atoms with Crippen LogP contribution in [0.2, 0.25) is 0 Å². The van der Waals surface area contributed by atoms with Crippen LogP contribution in [0, 0.1) is 35.5 Å². The van der Waals surface area contributed by atoms with Crippen LogP contribution >= 0.6 is 0 Å². The van der Waals surface area contributed by atoms with Gasteiger partial charge >= 0.3 is 5.97 Å². The molecule has 3 aromatic rings. The van der Waals surface area contributed by atoms with Crippen molar-refractivity contribution >= 4 is 11.8 Å². The van der Waals surface area contributed by atoms with Crippen molar-refractivity contribution in [3.8, 4) is 22.8 Å². The second kappa shape index (κ2) is 20.5. The number of rotatable bonds is 22. The molecule has 1 fully saturated rings. The van der Waals surface area contributed by atoms with Gasteiger partial charge in [-0.25, -0.2) is 4.98 Å². The maximum Gasteiger partial charge on any atom is 0.309 e. The largest absolute Gasteiger partial charge is 0.508 e. The number of aliphatic hydroxyl groups excluding tert-OH is 2. The predicted molar refractivity (Wildman–Crippen MR) is 220 cm³/mol. The minimum Gasteiger partial charge on any atom is -0.508 e. The Labute approximate surface area is 332 Å². The maximum absolute atomic E-state index is 12.8. The molecule has 9 unspecified atom stereocenters. The second-order valence-corrected chi connectivity index (χ2v) is 16.9. The number of allylic oxidation sites excluding steroid dienone is 1. The van der Waals surface area contributed by atoms with Crippen LogP contribution < -0.4 is 11.1 Å². The number of pyridine rings is 1. The number of hydrogen-bond acceptors (Lipinski definition) is 9. The van der Waals surface area contributed by atoms with Crippen molar-refractivity contribution in [2.45, 2.75) is 121 Å². The van der Waals surface area contributed by atoms with Crippen molar-refractivity contribution in [3.05, 3.63) is 72.1 Å². The summed E-state index contributed by atoms with van der Waals surface area (Å²) in [5.74, 6) is -1.57. The number of benzene rings is 1. The zero-order valence-electron chi connectivity index (χ0n) is 33.3. The highest BCUT2D eigenvalue weighted by Gasteiger charge is 2.51. The number of aliphatic hydroxyl groups is 3. The number of phenolic OH excluding ortho intramolecular Hbond substituents is 2. The molecule has 0 radical (unpaired) electrons. The van der Waals surface area contributed by atoms with E-state index in [9.17, 15) is 35.4 Å². The van der Waals surface area contributed by atoms with E-state index in [2.05, 4.69) is 34.4 Å². The first-order chi connectivity index (χ1) is 26.9. The third-order valence-corrected chi connectivity index (χ3v) is 12.6. The van der Waals surface area contributed by atoms with Crippen LogP contribution in [0.4, 0.5) is 5.82 Å². The van der Waals surface area contributed by atoms with Crippen molar-refractivity contribution in [1.82, 2.24) is 15.3 Å². The Kier molecular flexibility index (Phi) is 15.8. The van der Waals surface area contributed by atoms with E-state index in [1.54, 1.807) is 18.3 Å². The number of carbonyl (C=O) groups is 1. The predicted octanol–water partition coefficient (Wildman–Crippen LogP) is 6.98. The van der Waals surface area contributed by atoms with Crippen molar-refractivity contribution in [3.63, 3.8) is 0 Å². The first kappa shape index (κ1) is 43.2. The number of anilines is 1. The Morgan fingerprint density at radius 3 is 2.46 bits per heavy atom. The molecule has 0 aliphatic heterocycles. The van der Waals surface area contributed by atoms with E-state index >= 15 is 0 Å². The van der Waals surface area contributed by atoms with Gasteiger partial charge in [0.2, 0.25) is 0 Å². The molecule has 0 saturated heterocycles. The van der Waals surface area contributed by atoms with Crippen LogP contribution in [0.3, 0.4) is 0 Å². The maximum atomic E-state index is 12.8. The average Bonchev–Trinajstić information content (AvgIpc) is 3.74. The van der Waals surface area contributed by atoms with Crippen LogP contribution in [0.15, 0.2) is 60.8 Å². The van der Waals surface area contributed by atoms with Crippen LogP contribution in [-0.4, -0.2) is 78.0 Å². The molecule has 11 nitrogen and oxygen atoms in total. The molecule has 9 atom stereocenters. The third-order valence-electron chi connectivity index (χ3n) is 12.6. The lowest BCUT2D eigenvalue weighted by Gasteiger charge is -2.40. The molecule has 10 N–H and O–H groups in total. The molecule has 0 spiro atoms. The molecular weight excluding hydrogens is 709 g/mol. The van der Waals surface area contributed by atoms with E-state index in [-0.39, 0.29) is 41.8 Å². The first-order valence-corrected chi connectivity index (χ1v) is 20.9. The van der Waals surface area contributed by atoms with E-state index in [0.29, 0.717) is 62.4 Å². The smallest absolute Gasteiger partial charge is 0.309 e. The molecule has 0 amide bonds. The number of aromatic nitrogens is 2. The molecule has 2 aromatic heterocycles. The van der Waals surface area contributed by atoms with Gasteiger partial charge in [-0.3, -0.25) is 4.79 Å². The van der Waals surface area contributed by atoms with E-state index in [1.807, 2.05) is 31.3 Å². The molecule has 1 saturated carbocycles. The topological polar surface area (TPSA) is 205 Å². The number of unbranched alkanes of at least 4 members (excludes halogenated alkanes) is 4. The van der Waals surface area contributed by atoms with Gasteiger partial charge < -0.3 is 46.7 Å². The Hall–Kier alpha value is -3.90. The lowest BCUT2D eigenvalue weighted by atomic mass is 9.73. The van der Waals surface area contributed by atoms with E-state index in [0.717, 1.165) is 49.1 Å². The number of aromatic hydroxyl groups is 2. The Bertz CT molecular complexity index is 1690. The fourth-order valence-corrected chi connectivity index (χ4v) is 9.65. The normalized spacial score (nSPS) is 25.3. The fraction of sp³-hybridized carbons (Fsp3) is 0.600. The highest BCUT2D eigenvalue weighted by Crippen LogP contribution is 2.49. The number of carboxylic acid groups (broad SMARTS) is 1. The van der Waals surface area contributed by atoms with Gasteiger partial charge in [0.25, 0.3) is 0 Å². The summed E-state index contributed by atoms with van der Waals surface area (Å²) in [6.45, 7) is 2.61. The number of hydrogen-bond donors (Lipinski definition) is 9. The number of aliphatic carboxylic acids is 1. The molecule has 1 aromatic carbocycles. The summed E-state index contributed by atoms with van der Waals surface area (Å²) < 4.78 is 0. The summed E-state index contributed by atoms with van der Waals surface area (Å²) in [4.78, 5) is 20.1. The van der Waals surface area contributed by atoms with Crippen LogP contribution in [0.5, 0.6) is 11.5 Å². The molecule has 56 heavy (non-hydrogen) atoms. The number of nitrogen functional groups attached to an aromatic ring is 1. The molecule has 11 heteroatoms. The lowest BCUT2D eigenvalue weighted by molar-refractivity contribution is -0.148. The standard InChI is InChI=1S/C45H66N4O7/c1-3-4-6-9-29-12-13-32(41(52)20-29)10-7-5-8-11-39(44(54)55)42(53)25-35(28-47-2)45(56)27-31(18-30-16-17-48-43(46)21-30)19-34(45)24-36-14-15-40(49-36)33-22-37(50)26-38(51)23-33/h12-17,21-23,26,29,31-32,34-35,39,41-42,47,49-53,56H,3-11,18-20,24-25,27-28H2,1-2H3,(H2,46,48)(H,54,55). The monoisotopic (exact) mass is 774 g/mol. The van der Waals surface area contributed by atoms with Crippen molar-refractivity contribution in [1.29, 1.82) is 0 Å². The summed E-state index contributed by atoms with van der Waals surface area (Å²) >= 11 is 0. The highest BCUT2D eigenvalue weighted by atomic mass is 16.4. The average molecular weight is 775 g/mol. The number of nitrogens with two attached hydrogens (primary N) is 1. The van der Waals surface area contributed by atoms with Gasteiger partial charge in [-0.15, -0.1) is 0 Å². The number of carboxylic acids is 1. The Morgan fingerprint density at radius 2 is 1.77 bits per heavy atom. The zero-order valence-corrected chi connectivity index (χ0v) is 33.3. The van der Waals surface area contributed by atoms with Crippen LogP contribution in [-0.2, 0) is 17.6 Å². The summed E-state index contributed by atoms with van der Waals surface area (Å²) in [6, 6.07) is 12.1. The van der Waals surface area contributed by atoms with Crippen molar-refractivity contribution < 1.29 is 35.4 Å². The number of nitrogens with zero attached hydrogens (tertiary/aromatic N) is 1. The Morgan fingerprint density at radius 1 is 1.00 bits per heavy atom. The van der Waals surface area contributed by atoms with Gasteiger partial charge in [0.1, 0.15) is 17.3 Å². The SMILES string of the molecule is CCCCCC1C=CC(CCCCCC(C(=O)O)C(O)CC(CNC)C2(O)CC(Cc3ccnc(N)c3)CC2Cc2ccc(-c3cc(O)cc(O)c3)[nH]2)C(O)C1. The molecular formula is C45H66N4O7. The van der Waals surface area contributed by atoms with Crippen LogP contribution in [0.25, 0.3) is 11.3 Å². The van der Waals surface area contributed by atoms with E-state index in [1.165, 1.54) is 25.3 Å². The van der Waals surface area contributed by atoms with E-state index < -0.39 is 29.5 Å². The van der Waals surface area contributed by atoms with Crippen molar-refractivity contribution in [2.75, 3.05) is 19.3 Å². The fourth-order valence-electron chi connectivity index (χ4n) is 9.65. The third kappa shape index (κ3) is 11.8. The molecule has 2 aliphatic carbocycles. The summed E-state index contributed by atoms with van der Waals surface area (Å²) in [5, 5.41) is 68.8. The van der Waals surface area contributed by atoms with E-state index in [4.69, 9.17) is 5.73 Å². The first-order valence-electron chi connectivity index (χ1n) is 20.9. The van der Waals surface area contributed by atoms with Gasteiger partial charge in [0.05, 0.1) is 23.7 Å². The summed E-state index contributed by atoms with van der Waals surface area (Å²) in [5.41, 5.74) is 8.06. The summed E-state index contributed by atoms with van der Waals surface area (Å²) in [7, 11) is 1.81. The van der Waals surface area contributed by atoms with Crippen LogP contribution in [0.1, 0.15) is 102 Å². The number of H-pyrrole nitrogens is 1. The molecule has 5 rings (SSSR count). The van der Waals surface area contributed by atoms with Gasteiger partial charge in [-0.1, -0.05) is 57.6 Å². The minimum atomic E-state index is -1.21. The Balaban J connectivity index is 1.24. The minimum absolute atomic E-state index is 0.0446. The molecule has 308 valence electrons.